The number of piperidine rings is 1. The maximum Gasteiger partial charge on any atom is 0.223 e. The van der Waals surface area contributed by atoms with E-state index in [4.69, 9.17) is 4.74 Å². The van der Waals surface area contributed by atoms with E-state index in [2.05, 4.69) is 10.2 Å². The lowest BCUT2D eigenvalue weighted by Gasteiger charge is -2.31. The van der Waals surface area contributed by atoms with Crippen LogP contribution in [0.15, 0.2) is 0 Å². The van der Waals surface area contributed by atoms with Crippen LogP contribution in [0.3, 0.4) is 0 Å². The lowest BCUT2D eigenvalue weighted by Crippen LogP contribution is -2.41. The molecule has 2 aliphatic heterocycles. The Morgan fingerprint density at radius 1 is 1.21 bits per heavy atom. The van der Waals surface area contributed by atoms with Crippen LogP contribution in [0.5, 0.6) is 0 Å². The lowest BCUT2D eigenvalue weighted by atomic mass is 9.89. The van der Waals surface area contributed by atoms with Crippen LogP contribution in [-0.2, 0) is 9.53 Å². The molecule has 3 fully saturated rings. The van der Waals surface area contributed by atoms with Crippen LogP contribution in [0.25, 0.3) is 0 Å². The van der Waals surface area contributed by atoms with E-state index in [0.717, 1.165) is 13.0 Å². The predicted octanol–water partition coefficient (Wildman–Crippen LogP) is 1.54. The number of ether oxygens (including phenoxy) is 1. The smallest absolute Gasteiger partial charge is 0.223 e. The van der Waals surface area contributed by atoms with Gasteiger partial charge in [-0.15, -0.1) is 0 Å². The first kappa shape index (κ1) is 13.4. The summed E-state index contributed by atoms with van der Waals surface area (Å²) in [6.07, 6.45) is 8.15. The number of fused-ring (bicyclic) bond motifs is 2. The summed E-state index contributed by atoms with van der Waals surface area (Å²) in [6.45, 7) is 1.44. The van der Waals surface area contributed by atoms with Gasteiger partial charge in [-0.05, 0) is 44.4 Å². The van der Waals surface area contributed by atoms with Gasteiger partial charge in [0.2, 0.25) is 5.91 Å². The van der Waals surface area contributed by atoms with Crippen LogP contribution in [0.2, 0.25) is 0 Å². The minimum Gasteiger partial charge on any atom is -0.383 e. The normalized spacial score (nSPS) is 33.4. The van der Waals surface area contributed by atoms with Gasteiger partial charge in [0.15, 0.2) is 0 Å². The lowest BCUT2D eigenvalue weighted by molar-refractivity contribution is -0.133. The quantitative estimate of drug-likeness (QED) is 0.793. The van der Waals surface area contributed by atoms with Gasteiger partial charge in [0, 0.05) is 38.2 Å². The molecule has 0 aromatic carbocycles. The molecular formula is C15H26N2O2. The highest BCUT2D eigenvalue weighted by Gasteiger charge is 2.37. The number of nitrogens with zero attached hydrogens (tertiary/aromatic N) is 1. The summed E-state index contributed by atoms with van der Waals surface area (Å²) in [4.78, 5) is 14.6. The summed E-state index contributed by atoms with van der Waals surface area (Å²) in [5.74, 6) is 0.973. The Hall–Kier alpha value is -0.610. The van der Waals surface area contributed by atoms with Crippen molar-refractivity contribution in [1.29, 1.82) is 0 Å². The Morgan fingerprint density at radius 2 is 1.89 bits per heavy atom. The minimum atomic E-state index is 0.367. The van der Waals surface area contributed by atoms with Gasteiger partial charge in [-0.3, -0.25) is 4.79 Å². The van der Waals surface area contributed by atoms with Crippen LogP contribution in [0.4, 0.5) is 0 Å². The largest absolute Gasteiger partial charge is 0.383 e. The van der Waals surface area contributed by atoms with Gasteiger partial charge in [0.1, 0.15) is 0 Å². The number of hydrogen-bond acceptors (Lipinski definition) is 3. The molecule has 4 heteroatoms. The van der Waals surface area contributed by atoms with E-state index >= 15 is 0 Å². The third-order valence-electron chi connectivity index (χ3n) is 4.88. The van der Waals surface area contributed by atoms with Crippen molar-refractivity contribution < 1.29 is 9.53 Å². The van der Waals surface area contributed by atoms with Crippen LogP contribution < -0.4 is 5.32 Å². The van der Waals surface area contributed by atoms with Crippen LogP contribution in [0, 0.1) is 5.92 Å². The zero-order chi connectivity index (χ0) is 13.2. The Bertz CT molecular complexity index is 318. The molecule has 2 heterocycles. The maximum absolute atomic E-state index is 12.5. The zero-order valence-electron chi connectivity index (χ0n) is 11.9. The van der Waals surface area contributed by atoms with Crippen molar-refractivity contribution in [2.75, 3.05) is 20.3 Å². The highest BCUT2D eigenvalue weighted by molar-refractivity contribution is 5.77. The molecule has 0 radical (unpaired) electrons. The third-order valence-corrected chi connectivity index (χ3v) is 4.88. The van der Waals surface area contributed by atoms with Gasteiger partial charge in [0.05, 0.1) is 6.61 Å². The second-order valence-electron chi connectivity index (χ2n) is 6.49. The van der Waals surface area contributed by atoms with Gasteiger partial charge in [-0.2, -0.15) is 0 Å². The Labute approximate surface area is 115 Å². The standard InChI is InChI=1S/C15H26N2O2/c1-19-7-6-17(14-4-5-14)15(18)10-11-8-12-2-3-13(9-11)16-12/h11-14,16H,2-10H2,1H3. The first-order valence-corrected chi connectivity index (χ1v) is 7.80. The highest BCUT2D eigenvalue weighted by atomic mass is 16.5. The second-order valence-corrected chi connectivity index (χ2v) is 6.49. The molecule has 3 aliphatic rings. The zero-order valence-corrected chi connectivity index (χ0v) is 11.9. The molecule has 0 spiro atoms. The fourth-order valence-corrected chi connectivity index (χ4v) is 3.79. The molecule has 0 aromatic heterocycles. The molecule has 2 saturated heterocycles. The molecule has 2 unspecified atom stereocenters. The van der Waals surface area contributed by atoms with Crippen molar-refractivity contribution in [1.82, 2.24) is 10.2 Å². The van der Waals surface area contributed by atoms with Gasteiger partial charge >= 0.3 is 0 Å². The first-order chi connectivity index (χ1) is 9.26. The van der Waals surface area contributed by atoms with Crippen molar-refractivity contribution in [2.24, 2.45) is 5.92 Å². The van der Waals surface area contributed by atoms with Crippen molar-refractivity contribution in [3.63, 3.8) is 0 Å². The molecule has 1 aliphatic carbocycles. The fraction of sp³-hybridized carbons (Fsp3) is 0.933. The molecule has 1 amide bonds. The number of amides is 1. The van der Waals surface area contributed by atoms with Crippen LogP contribution in [0.1, 0.15) is 44.9 Å². The van der Waals surface area contributed by atoms with Crippen LogP contribution >= 0.6 is 0 Å². The molecule has 2 atom stereocenters. The fourth-order valence-electron chi connectivity index (χ4n) is 3.79. The number of nitrogens with one attached hydrogen (secondary N) is 1. The molecule has 2 bridgehead atoms. The second kappa shape index (κ2) is 5.80. The van der Waals surface area contributed by atoms with Crippen LogP contribution in [-0.4, -0.2) is 49.2 Å². The summed E-state index contributed by atoms with van der Waals surface area (Å²) >= 11 is 0. The topological polar surface area (TPSA) is 41.6 Å². The van der Waals surface area contributed by atoms with E-state index in [0.29, 0.717) is 36.6 Å². The average molecular weight is 266 g/mol. The van der Waals surface area contributed by atoms with Crippen molar-refractivity contribution in [2.45, 2.75) is 63.1 Å². The number of rotatable bonds is 6. The van der Waals surface area contributed by atoms with Crippen molar-refractivity contribution >= 4 is 5.91 Å². The summed E-state index contributed by atoms with van der Waals surface area (Å²) < 4.78 is 5.13. The van der Waals surface area contributed by atoms with Gasteiger partial charge in [-0.1, -0.05) is 0 Å². The van der Waals surface area contributed by atoms with Gasteiger partial charge < -0.3 is 15.0 Å². The number of carbonyl (C=O) groups excluding carboxylic acids is 1. The molecule has 108 valence electrons. The first-order valence-electron chi connectivity index (χ1n) is 7.80. The summed E-state index contributed by atoms with van der Waals surface area (Å²) in [7, 11) is 1.71. The highest BCUT2D eigenvalue weighted by Crippen LogP contribution is 2.34. The summed E-state index contributed by atoms with van der Waals surface area (Å²) in [5.41, 5.74) is 0. The molecule has 3 rings (SSSR count). The molecule has 0 aromatic rings. The minimum absolute atomic E-state index is 0.367. The van der Waals surface area contributed by atoms with Gasteiger partial charge in [-0.25, -0.2) is 0 Å². The average Bonchev–Trinajstić information content (AvgIpc) is 3.16. The van der Waals surface area contributed by atoms with Crippen molar-refractivity contribution in [3.05, 3.63) is 0 Å². The third kappa shape index (κ3) is 3.29. The maximum atomic E-state index is 12.5. The van der Waals surface area contributed by atoms with E-state index in [1.165, 1.54) is 38.5 Å². The molecular weight excluding hydrogens is 240 g/mol. The Morgan fingerprint density at radius 3 is 2.47 bits per heavy atom. The predicted molar refractivity (Wildman–Crippen MR) is 73.9 cm³/mol. The Kier molecular flexibility index (Phi) is 4.08. The number of methoxy groups -OCH3 is 1. The molecule has 1 saturated carbocycles. The Balaban J connectivity index is 1.51. The summed E-state index contributed by atoms with van der Waals surface area (Å²) in [5, 5.41) is 3.65. The van der Waals surface area contributed by atoms with Gasteiger partial charge in [0.25, 0.3) is 0 Å². The van der Waals surface area contributed by atoms with Crippen molar-refractivity contribution in [3.8, 4) is 0 Å². The van der Waals surface area contributed by atoms with E-state index in [1.54, 1.807) is 7.11 Å². The van der Waals surface area contributed by atoms with E-state index < -0.39 is 0 Å². The SMILES string of the molecule is COCCN(C(=O)CC1CC2CCC(C1)N2)C1CC1. The number of hydrogen-bond donors (Lipinski definition) is 1. The van der Waals surface area contributed by atoms with E-state index in [9.17, 15) is 4.79 Å². The molecule has 19 heavy (non-hydrogen) atoms. The monoisotopic (exact) mass is 266 g/mol. The molecule has 1 N–H and O–H groups in total. The number of carbonyl (C=O) groups is 1. The van der Waals surface area contributed by atoms with E-state index in [-0.39, 0.29) is 0 Å². The molecule has 4 nitrogen and oxygen atoms in total. The summed E-state index contributed by atoms with van der Waals surface area (Å²) in [6, 6.07) is 1.89. The van der Waals surface area contributed by atoms with E-state index in [1.807, 2.05) is 0 Å².